The molecule has 0 aliphatic heterocycles. The van der Waals surface area contributed by atoms with Gasteiger partial charge < -0.3 is 15.2 Å². The molecule has 0 fully saturated rings. The van der Waals surface area contributed by atoms with Gasteiger partial charge in [-0.15, -0.1) is 22.8 Å². The number of aromatic hydroxyl groups is 2. The minimum atomic E-state index is -0.0740. The van der Waals surface area contributed by atoms with Crippen LogP contribution in [0.4, 0.5) is 0 Å². The van der Waals surface area contributed by atoms with Crippen LogP contribution < -0.4 is 0 Å². The van der Waals surface area contributed by atoms with Crippen LogP contribution in [0.25, 0.3) is 28.1 Å². The van der Waals surface area contributed by atoms with E-state index in [2.05, 4.69) is 32.8 Å². The van der Waals surface area contributed by atoms with E-state index in [0.717, 1.165) is 29.0 Å². The van der Waals surface area contributed by atoms with Crippen LogP contribution >= 0.6 is 12.6 Å². The van der Waals surface area contributed by atoms with Gasteiger partial charge in [0.05, 0.1) is 16.8 Å². The maximum Gasteiger partial charge on any atom is 0.193 e. The third-order valence-electron chi connectivity index (χ3n) is 4.58. The maximum atomic E-state index is 10.4. The number of aryl methyl sites for hydroxylation is 2. The monoisotopic (exact) mass is 381 g/mol. The lowest BCUT2D eigenvalue weighted by atomic mass is 10.1. The van der Waals surface area contributed by atoms with E-state index in [1.165, 1.54) is 6.07 Å². The number of imidazole rings is 1. The largest absolute Gasteiger partial charge is 0.508 e. The highest BCUT2D eigenvalue weighted by molar-refractivity contribution is 7.80. The van der Waals surface area contributed by atoms with E-state index in [4.69, 9.17) is 0 Å². The number of fused-ring (bicyclic) bond motifs is 1. The quantitative estimate of drug-likeness (QED) is 0.405. The molecule has 4 rings (SSSR count). The second-order valence-electron chi connectivity index (χ2n) is 6.22. The lowest BCUT2D eigenvalue weighted by Gasteiger charge is -2.12. The van der Waals surface area contributed by atoms with Gasteiger partial charge in [-0.25, -0.2) is 4.98 Å². The molecule has 0 unspecified atom stereocenters. The van der Waals surface area contributed by atoms with Crippen molar-refractivity contribution in [3.05, 3.63) is 41.7 Å². The predicted molar refractivity (Wildman–Crippen MR) is 106 cm³/mol. The Labute approximate surface area is 161 Å². The highest BCUT2D eigenvalue weighted by atomic mass is 32.1. The Kier molecular flexibility index (Phi) is 4.27. The molecule has 0 spiro atoms. The number of hydrogen-bond donors (Lipinski definition) is 4. The van der Waals surface area contributed by atoms with Crippen molar-refractivity contribution in [3.63, 3.8) is 0 Å². The molecule has 8 heteroatoms. The Morgan fingerprint density at radius 3 is 2.63 bits per heavy atom. The molecule has 3 N–H and O–H groups in total. The summed E-state index contributed by atoms with van der Waals surface area (Å²) in [7, 11) is 0. The van der Waals surface area contributed by atoms with Gasteiger partial charge in [0.2, 0.25) is 0 Å². The molecule has 0 atom stereocenters. The maximum absolute atomic E-state index is 10.4. The van der Waals surface area contributed by atoms with E-state index >= 15 is 0 Å². The number of para-hydroxylation sites is 1. The summed E-state index contributed by atoms with van der Waals surface area (Å²) in [5.74, 6) is 1.29. The number of H-pyrrole nitrogens is 1. The van der Waals surface area contributed by atoms with Crippen LogP contribution in [0.1, 0.15) is 25.2 Å². The third kappa shape index (κ3) is 2.82. The highest BCUT2D eigenvalue weighted by Gasteiger charge is 2.20. The van der Waals surface area contributed by atoms with Crippen molar-refractivity contribution in [2.24, 2.45) is 0 Å². The van der Waals surface area contributed by atoms with Crippen molar-refractivity contribution < 1.29 is 10.2 Å². The van der Waals surface area contributed by atoms with Crippen LogP contribution in [0, 0.1) is 0 Å². The molecule has 27 heavy (non-hydrogen) atoms. The van der Waals surface area contributed by atoms with Crippen LogP contribution in [0.15, 0.2) is 35.5 Å². The fraction of sp³-hybridized carbons (Fsp3) is 0.211. The highest BCUT2D eigenvalue weighted by Crippen LogP contribution is 2.37. The molecule has 0 saturated carbocycles. The topological polar surface area (TPSA) is 99.8 Å². The van der Waals surface area contributed by atoms with Gasteiger partial charge in [-0.1, -0.05) is 19.9 Å². The first-order valence-corrected chi connectivity index (χ1v) is 9.15. The molecule has 4 aromatic rings. The fourth-order valence-corrected chi connectivity index (χ4v) is 3.42. The van der Waals surface area contributed by atoms with E-state index in [9.17, 15) is 10.2 Å². The molecule has 0 amide bonds. The van der Waals surface area contributed by atoms with Crippen LogP contribution in [0.2, 0.25) is 0 Å². The molecule has 0 radical (unpaired) electrons. The molecule has 2 aromatic heterocycles. The number of hydrogen-bond acceptors (Lipinski definition) is 6. The van der Waals surface area contributed by atoms with Crippen molar-refractivity contribution in [1.29, 1.82) is 0 Å². The lowest BCUT2D eigenvalue weighted by molar-refractivity contribution is 0.447. The summed E-state index contributed by atoms with van der Waals surface area (Å²) in [5, 5.41) is 29.1. The Morgan fingerprint density at radius 1 is 1.07 bits per heavy atom. The summed E-state index contributed by atoms with van der Waals surface area (Å²) in [4.78, 5) is 7.96. The summed E-state index contributed by atoms with van der Waals surface area (Å²) in [6.07, 6.45) is 1.41. The zero-order valence-corrected chi connectivity index (χ0v) is 15.8. The van der Waals surface area contributed by atoms with Gasteiger partial charge in [0.1, 0.15) is 22.8 Å². The summed E-state index contributed by atoms with van der Waals surface area (Å²) in [6, 6.07) is 8.84. The minimum Gasteiger partial charge on any atom is -0.508 e. The second kappa shape index (κ2) is 6.62. The molecule has 0 aliphatic rings. The van der Waals surface area contributed by atoms with Crippen LogP contribution in [-0.4, -0.2) is 34.9 Å². The average Bonchev–Trinajstić information content (AvgIpc) is 3.25. The number of aromatic nitrogens is 5. The smallest absolute Gasteiger partial charge is 0.193 e. The minimum absolute atomic E-state index is 0.0536. The van der Waals surface area contributed by atoms with Gasteiger partial charge in [0.25, 0.3) is 0 Å². The van der Waals surface area contributed by atoms with Crippen molar-refractivity contribution in [1.82, 2.24) is 24.7 Å². The molecular weight excluding hydrogens is 362 g/mol. The van der Waals surface area contributed by atoms with Crippen molar-refractivity contribution in [2.75, 3.05) is 0 Å². The molecule has 0 aliphatic carbocycles. The zero-order valence-electron chi connectivity index (χ0n) is 14.9. The van der Waals surface area contributed by atoms with Crippen LogP contribution in [0.3, 0.4) is 0 Å². The third-order valence-corrected chi connectivity index (χ3v) is 4.87. The lowest BCUT2D eigenvalue weighted by Crippen LogP contribution is -2.00. The van der Waals surface area contributed by atoms with Gasteiger partial charge in [-0.05, 0) is 30.2 Å². The molecular formula is C19H19N5O2S. The Hall–Kier alpha value is -3.00. The van der Waals surface area contributed by atoms with Crippen molar-refractivity contribution >= 4 is 23.7 Å². The Morgan fingerprint density at radius 2 is 1.89 bits per heavy atom. The summed E-state index contributed by atoms with van der Waals surface area (Å²) in [5.41, 5.74) is 3.63. The Bertz CT molecular complexity index is 1150. The fourth-order valence-electron chi connectivity index (χ4n) is 3.17. The molecule has 2 aromatic carbocycles. The number of nitrogens with one attached hydrogen (secondary N) is 1. The average molecular weight is 381 g/mol. The number of nitrogens with zero attached hydrogens (tertiary/aromatic N) is 4. The van der Waals surface area contributed by atoms with E-state index in [-0.39, 0.29) is 11.5 Å². The number of aromatic amines is 1. The molecule has 138 valence electrons. The number of phenols is 2. The number of thiol groups is 1. The standard InChI is InChI=1S/C19H19N5O2S/c1-3-10-8-11(15(26)9-14(10)25)18-22-23-19(27)24(18)13-7-5-6-12-17(13)21-16(4-2)20-12/h5-9,25-26H,3-4H2,1-2H3,(H,20,21)(H,23,27). The van der Waals surface area contributed by atoms with E-state index < -0.39 is 0 Å². The van der Waals surface area contributed by atoms with Crippen molar-refractivity contribution in [3.8, 4) is 28.6 Å². The number of benzene rings is 2. The van der Waals surface area contributed by atoms with Crippen LogP contribution in [-0.2, 0) is 12.8 Å². The van der Waals surface area contributed by atoms with Gasteiger partial charge in [-0.2, -0.15) is 0 Å². The second-order valence-corrected chi connectivity index (χ2v) is 6.62. The molecule has 0 saturated heterocycles. The van der Waals surface area contributed by atoms with Gasteiger partial charge in [0.15, 0.2) is 11.0 Å². The van der Waals surface area contributed by atoms with Crippen molar-refractivity contribution in [2.45, 2.75) is 31.8 Å². The SMILES string of the molecule is CCc1nc2c(-n3c(S)nnc3-c3cc(CC)c(O)cc3O)cccc2[nH]1. The molecule has 2 heterocycles. The van der Waals surface area contributed by atoms with Gasteiger partial charge in [0, 0.05) is 12.5 Å². The zero-order chi connectivity index (χ0) is 19.1. The van der Waals surface area contributed by atoms with E-state index in [0.29, 0.717) is 28.5 Å². The summed E-state index contributed by atoms with van der Waals surface area (Å²) in [6.45, 7) is 3.97. The number of rotatable bonds is 4. The Balaban J connectivity index is 1.98. The van der Waals surface area contributed by atoms with E-state index in [1.807, 2.05) is 32.0 Å². The predicted octanol–water partition coefficient (Wildman–Crippen LogP) is 3.64. The number of phenolic OH excluding ortho intramolecular Hbond substituents is 2. The molecule has 7 nitrogen and oxygen atoms in total. The summed E-state index contributed by atoms with van der Waals surface area (Å²) < 4.78 is 1.75. The summed E-state index contributed by atoms with van der Waals surface area (Å²) >= 11 is 4.46. The van der Waals surface area contributed by atoms with E-state index in [1.54, 1.807) is 10.6 Å². The first-order valence-electron chi connectivity index (χ1n) is 8.71. The van der Waals surface area contributed by atoms with Crippen LogP contribution in [0.5, 0.6) is 11.5 Å². The first kappa shape index (κ1) is 17.4. The van der Waals surface area contributed by atoms with Gasteiger partial charge >= 0.3 is 0 Å². The van der Waals surface area contributed by atoms with Gasteiger partial charge in [-0.3, -0.25) is 4.57 Å². The molecule has 0 bridgehead atoms. The first-order chi connectivity index (χ1) is 13.0. The normalized spacial score (nSPS) is 11.4.